The van der Waals surface area contributed by atoms with E-state index in [1.165, 1.54) is 161 Å². The number of halogens is 1. The van der Waals surface area contributed by atoms with Gasteiger partial charge in [0, 0.05) is 20.2 Å². The molecule has 1 unspecified atom stereocenters. The van der Waals surface area contributed by atoms with Gasteiger partial charge in [0.15, 0.2) is 0 Å². The van der Waals surface area contributed by atoms with Crippen molar-refractivity contribution < 1.29 is 0 Å². The highest BCUT2D eigenvalue weighted by Crippen LogP contribution is 2.34. The molecule has 0 bridgehead atoms. The van der Waals surface area contributed by atoms with Gasteiger partial charge in [0.1, 0.15) is 0 Å². The highest BCUT2D eigenvalue weighted by atomic mass is 127. The van der Waals surface area contributed by atoms with Crippen molar-refractivity contribution in [3.05, 3.63) is 33.0 Å². The monoisotopic (exact) mass is 577 g/mol. The third-order valence-corrected chi connectivity index (χ3v) is 8.89. The van der Waals surface area contributed by atoms with Gasteiger partial charge >= 0.3 is 0 Å². The molecular formula is C32H52IN. The Morgan fingerprint density at radius 3 is 1.82 bits per heavy atom. The number of H-pyrrole nitrogens is 1. The summed E-state index contributed by atoms with van der Waals surface area (Å²) in [5.41, 5.74) is 4.50. The Morgan fingerprint density at radius 1 is 0.735 bits per heavy atom. The molecule has 1 aliphatic carbocycles. The third-order valence-electron chi connectivity index (χ3n) is 8.22. The normalized spacial score (nSPS) is 15.8. The Labute approximate surface area is 224 Å². The summed E-state index contributed by atoms with van der Waals surface area (Å²) in [5.74, 6) is 0.909. The van der Waals surface area contributed by atoms with Crippen molar-refractivity contribution in [2.24, 2.45) is 5.92 Å². The summed E-state index contributed by atoms with van der Waals surface area (Å²) in [6.07, 6.45) is 31.7. The summed E-state index contributed by atoms with van der Waals surface area (Å²) in [6, 6.07) is 6.91. The average molecular weight is 578 g/mol. The number of aryl methyl sites for hydroxylation is 1. The number of hydrogen-bond donors (Lipinski definition) is 1. The number of fused-ring (bicyclic) bond motifs is 3. The average Bonchev–Trinajstić information content (AvgIpc) is 3.20. The molecule has 0 fully saturated rings. The van der Waals surface area contributed by atoms with Crippen LogP contribution in [0, 0.1) is 9.49 Å². The first kappa shape index (κ1) is 28.1. The minimum absolute atomic E-state index is 0.909. The van der Waals surface area contributed by atoms with Gasteiger partial charge in [0.25, 0.3) is 0 Å². The molecule has 2 heteroatoms. The number of hydrogen-bond acceptors (Lipinski definition) is 0. The molecule has 0 saturated carbocycles. The lowest BCUT2D eigenvalue weighted by molar-refractivity contribution is 0.403. The first-order valence-corrected chi connectivity index (χ1v) is 16.1. The van der Waals surface area contributed by atoms with Crippen LogP contribution in [-0.2, 0) is 12.8 Å². The van der Waals surface area contributed by atoms with Crippen LogP contribution in [0.3, 0.4) is 0 Å². The van der Waals surface area contributed by atoms with Crippen LogP contribution in [0.5, 0.6) is 0 Å². The molecule has 1 atom stereocenters. The maximum Gasteiger partial charge on any atom is 0.0469 e. The van der Waals surface area contributed by atoms with E-state index in [4.69, 9.17) is 0 Å². The highest BCUT2D eigenvalue weighted by molar-refractivity contribution is 14.1. The summed E-state index contributed by atoms with van der Waals surface area (Å²) in [4.78, 5) is 3.70. The van der Waals surface area contributed by atoms with Crippen LogP contribution in [0.25, 0.3) is 10.9 Å². The molecule has 1 aromatic carbocycles. The Hall–Kier alpha value is -0.510. The van der Waals surface area contributed by atoms with E-state index in [0.29, 0.717) is 0 Å². The van der Waals surface area contributed by atoms with Crippen LogP contribution in [0.2, 0.25) is 0 Å². The Kier molecular flexibility index (Phi) is 14.1. The van der Waals surface area contributed by atoms with Gasteiger partial charge in [-0.15, -0.1) is 0 Å². The SMILES string of the molecule is CCCCCCCCCCCCCCCCCCCCC1CCc2[nH]c3cc(I)ccc3c2C1. The lowest BCUT2D eigenvalue weighted by Gasteiger charge is -2.22. The second kappa shape index (κ2) is 17.0. The summed E-state index contributed by atoms with van der Waals surface area (Å²) in [6.45, 7) is 2.30. The van der Waals surface area contributed by atoms with Gasteiger partial charge < -0.3 is 4.98 Å². The molecular weight excluding hydrogens is 525 g/mol. The molecule has 0 saturated heterocycles. The van der Waals surface area contributed by atoms with Crippen LogP contribution in [0.1, 0.15) is 147 Å². The first-order chi connectivity index (χ1) is 16.8. The number of unbranched alkanes of at least 4 members (excludes halogenated alkanes) is 17. The fraction of sp³-hybridized carbons (Fsp3) is 0.750. The minimum Gasteiger partial charge on any atom is -0.358 e. The van der Waals surface area contributed by atoms with Crippen molar-refractivity contribution in [1.82, 2.24) is 4.98 Å². The van der Waals surface area contributed by atoms with Crippen molar-refractivity contribution in [2.75, 3.05) is 0 Å². The maximum atomic E-state index is 3.70. The molecule has 1 nitrogen and oxygen atoms in total. The molecule has 0 amide bonds. The maximum absolute atomic E-state index is 3.70. The summed E-state index contributed by atoms with van der Waals surface area (Å²) in [5, 5.41) is 1.48. The quantitative estimate of drug-likeness (QED) is 0.126. The van der Waals surface area contributed by atoms with Crippen molar-refractivity contribution in [3.8, 4) is 0 Å². The van der Waals surface area contributed by atoms with Gasteiger partial charge in [-0.1, -0.05) is 135 Å². The van der Waals surface area contributed by atoms with Gasteiger partial charge in [0.2, 0.25) is 0 Å². The number of rotatable bonds is 19. The van der Waals surface area contributed by atoms with E-state index >= 15 is 0 Å². The molecule has 2 aromatic rings. The highest BCUT2D eigenvalue weighted by Gasteiger charge is 2.22. The van der Waals surface area contributed by atoms with E-state index in [1.807, 2.05) is 0 Å². The van der Waals surface area contributed by atoms with Gasteiger partial charge in [-0.2, -0.15) is 0 Å². The van der Waals surface area contributed by atoms with Gasteiger partial charge in [-0.05, 0) is 65.5 Å². The third kappa shape index (κ3) is 10.2. The minimum atomic E-state index is 0.909. The molecule has 3 rings (SSSR count). The van der Waals surface area contributed by atoms with E-state index in [0.717, 1.165) is 5.92 Å². The molecule has 1 aromatic heterocycles. The predicted octanol–water partition coefficient (Wildman–Crippen LogP) is 11.3. The zero-order chi connectivity index (χ0) is 23.8. The summed E-state index contributed by atoms with van der Waals surface area (Å²) in [7, 11) is 0. The van der Waals surface area contributed by atoms with Gasteiger partial charge in [-0.3, -0.25) is 0 Å². The Bertz CT molecular complexity index is 792. The van der Waals surface area contributed by atoms with Crippen molar-refractivity contribution in [1.29, 1.82) is 0 Å². The van der Waals surface area contributed by atoms with Crippen LogP contribution in [0.4, 0.5) is 0 Å². The van der Waals surface area contributed by atoms with Crippen LogP contribution in [-0.4, -0.2) is 4.98 Å². The van der Waals surface area contributed by atoms with Gasteiger partial charge in [0.05, 0.1) is 0 Å². The van der Waals surface area contributed by atoms with Crippen molar-refractivity contribution in [3.63, 3.8) is 0 Å². The van der Waals surface area contributed by atoms with Gasteiger partial charge in [-0.25, -0.2) is 0 Å². The molecule has 34 heavy (non-hydrogen) atoms. The Morgan fingerprint density at radius 2 is 1.26 bits per heavy atom. The summed E-state index contributed by atoms with van der Waals surface area (Å²) >= 11 is 2.42. The second-order valence-electron chi connectivity index (χ2n) is 11.2. The van der Waals surface area contributed by atoms with Crippen LogP contribution in [0.15, 0.2) is 18.2 Å². The molecule has 1 N–H and O–H groups in total. The van der Waals surface area contributed by atoms with Crippen LogP contribution >= 0.6 is 22.6 Å². The second-order valence-corrected chi connectivity index (χ2v) is 12.4. The van der Waals surface area contributed by atoms with E-state index < -0.39 is 0 Å². The van der Waals surface area contributed by atoms with E-state index in [1.54, 1.807) is 5.56 Å². The number of aromatic nitrogens is 1. The molecule has 0 radical (unpaired) electrons. The zero-order valence-electron chi connectivity index (χ0n) is 22.2. The topological polar surface area (TPSA) is 15.8 Å². The Balaban J connectivity index is 1.10. The largest absolute Gasteiger partial charge is 0.358 e. The zero-order valence-corrected chi connectivity index (χ0v) is 24.4. The lowest BCUT2D eigenvalue weighted by atomic mass is 9.83. The molecule has 0 aliphatic heterocycles. The van der Waals surface area contributed by atoms with Crippen molar-refractivity contribution >= 4 is 33.5 Å². The molecule has 1 heterocycles. The molecule has 0 spiro atoms. The van der Waals surface area contributed by atoms with Crippen LogP contribution < -0.4 is 0 Å². The fourth-order valence-corrected chi connectivity index (χ4v) is 6.54. The van der Waals surface area contributed by atoms with E-state index in [9.17, 15) is 0 Å². The molecule has 192 valence electrons. The number of aromatic amines is 1. The van der Waals surface area contributed by atoms with E-state index in [-0.39, 0.29) is 0 Å². The fourth-order valence-electron chi connectivity index (χ4n) is 6.05. The first-order valence-electron chi connectivity index (χ1n) is 15.1. The predicted molar refractivity (Wildman–Crippen MR) is 160 cm³/mol. The van der Waals surface area contributed by atoms with Crippen molar-refractivity contribution in [2.45, 2.75) is 148 Å². The molecule has 1 aliphatic rings. The van der Waals surface area contributed by atoms with E-state index in [2.05, 4.69) is 52.7 Å². The standard InChI is InChI=1S/C32H52IN/c1-2-3-4-5-6-7-8-9-10-11-12-13-14-15-16-17-18-19-20-27-21-24-31-30(25-27)29-23-22-28(33)26-32(29)34-31/h22-23,26-27,34H,2-21,24-25H2,1H3. The lowest BCUT2D eigenvalue weighted by Crippen LogP contribution is -2.13. The summed E-state index contributed by atoms with van der Waals surface area (Å²) < 4.78 is 1.33. The number of benzene rings is 1. The number of nitrogens with one attached hydrogen (secondary N) is 1. The smallest absolute Gasteiger partial charge is 0.0469 e.